The van der Waals surface area contributed by atoms with Crippen LogP contribution in [0.2, 0.25) is 15.1 Å². The van der Waals surface area contributed by atoms with E-state index in [4.69, 9.17) is 68.1 Å². The van der Waals surface area contributed by atoms with Crippen molar-refractivity contribution < 1.29 is 79.6 Å². The molecular formula is C82H85Cl3F4N18O13. The van der Waals surface area contributed by atoms with Crippen LogP contribution in [0.5, 0.6) is 52.1 Å². The molecule has 3 saturated heterocycles. The van der Waals surface area contributed by atoms with E-state index in [1.54, 1.807) is 79.7 Å². The summed E-state index contributed by atoms with van der Waals surface area (Å²) < 4.78 is 89.9. The van der Waals surface area contributed by atoms with Crippen molar-refractivity contribution in [1.29, 1.82) is 0 Å². The van der Waals surface area contributed by atoms with Gasteiger partial charge < -0.3 is 84.8 Å². The number of nitrogens with one attached hydrogen (secondary N) is 6. The maximum Gasteiger partial charge on any atom is 0.423 e. The van der Waals surface area contributed by atoms with Crippen LogP contribution in [0.15, 0.2) is 122 Å². The maximum atomic E-state index is 14.4. The van der Waals surface area contributed by atoms with Gasteiger partial charge in [0.2, 0.25) is 35.5 Å². The largest absolute Gasteiger partial charge is 0.495 e. The van der Waals surface area contributed by atoms with Crippen LogP contribution in [-0.2, 0) is 30.6 Å². The van der Waals surface area contributed by atoms with E-state index in [0.29, 0.717) is 95.2 Å². The number of methoxy groups -OCH3 is 3. The standard InChI is InChI=1S/C28H28F4N6O4.C27H28Cl2N6O5.C27H29ClN6O4/c1-37-10-9-19(18(29)14-37)34-24(39)15-7-8-20(22(11-15)41-3)35-27-33-12-17(28(30,31)32)25(36-27)42-21-6-4-5-16-13-38(2)26(40)23(16)21;1-34-9-7-16(8-10-34)31-24(36)17-11-22(38-2)20(12-18(17)28)32-27-30-13-19(29)25(33-27)40-21-6-4-5-15-14-35(39-3)26(37)23(15)21;1-33-11-9-18(10-12-33)30-24(35)16-7-8-20(22(13-16)37-3)31-27-29-14-19(28)25(32-27)38-21-6-4-5-17-15-34(2)26(36)23(17)21/h4-8,11-12,18-19H,9-10,13-14H2,1-3H3,(H,34,39)(H,33,35,36);4-6,11-13,16H,7-10,14H2,1-3H3,(H,31,36)(H,30,32,33);4-8,13-14,18H,9-12,15H2,1-3H3,(H,30,35)(H,29,31,32)/t18-,19+;;/m1../s1. The Kier molecular flexibility index (Phi) is 26.9. The summed E-state index contributed by atoms with van der Waals surface area (Å²) in [5, 5.41) is 19.6. The number of hydroxylamine groups is 2. The van der Waals surface area contributed by atoms with Gasteiger partial charge in [0.05, 0.1) is 97.8 Å². The molecule has 0 saturated carbocycles. The van der Waals surface area contributed by atoms with Crippen molar-refractivity contribution in [2.24, 2.45) is 0 Å². The third kappa shape index (κ3) is 20.0. The normalized spacial score (nSPS) is 16.8. The van der Waals surface area contributed by atoms with Crippen LogP contribution in [0, 0.1) is 0 Å². The minimum Gasteiger partial charge on any atom is -0.495 e. The molecule has 15 rings (SSSR count). The highest BCUT2D eigenvalue weighted by molar-refractivity contribution is 6.34. The predicted molar refractivity (Wildman–Crippen MR) is 437 cm³/mol. The number of alkyl halides is 4. The first-order chi connectivity index (χ1) is 57.5. The molecule has 38 heteroatoms. The van der Waals surface area contributed by atoms with E-state index in [-0.39, 0.29) is 127 Å². The number of carbonyl (C=O) groups is 6. The zero-order chi connectivity index (χ0) is 85.4. The molecule has 6 aliphatic rings. The Bertz CT molecular complexity index is 5380. The van der Waals surface area contributed by atoms with Crippen molar-refractivity contribution >= 4 is 105 Å². The van der Waals surface area contributed by atoms with Gasteiger partial charge in [0.15, 0.2) is 0 Å². The SMILES string of the molecule is COc1cc(C(=O)NC2CCN(C)CC2)c(Cl)cc1Nc1ncc(Cl)c(Oc2cccc3c2C(=O)N(OC)C3)n1.COc1cc(C(=O)NC2CCN(C)CC2)ccc1Nc1ncc(Cl)c(Oc2cccc3c2C(=O)N(C)C3)n1.COc1cc(C(=O)N[C@H]2CCN(C)C[C@H]2F)ccc1Nc1ncc(C(F)(F)F)c(Oc2cccc3c2C(=O)N(C)C3)n1. The fraction of sp³-hybridized carbons (Fsp3) is 0.341. The molecule has 9 heterocycles. The van der Waals surface area contributed by atoms with Gasteiger partial charge >= 0.3 is 6.18 Å². The third-order valence-corrected chi connectivity index (χ3v) is 21.6. The molecule has 0 spiro atoms. The number of anilines is 6. The summed E-state index contributed by atoms with van der Waals surface area (Å²) in [6, 6.07) is 27.6. The molecule has 3 aromatic heterocycles. The molecule has 6 aromatic carbocycles. The molecule has 6 aliphatic heterocycles. The zero-order valence-electron chi connectivity index (χ0n) is 66.6. The first kappa shape index (κ1) is 85.9. The summed E-state index contributed by atoms with van der Waals surface area (Å²) in [6.07, 6.45) is 1.37. The molecule has 3 fully saturated rings. The Morgan fingerprint density at radius 1 is 0.458 bits per heavy atom. The second kappa shape index (κ2) is 37.5. The number of likely N-dealkylation sites (tertiary alicyclic amines) is 3. The van der Waals surface area contributed by atoms with Gasteiger partial charge in [0, 0.05) is 69.7 Å². The van der Waals surface area contributed by atoms with Crippen LogP contribution in [0.3, 0.4) is 0 Å². The number of rotatable bonds is 22. The minimum absolute atomic E-state index is 0.0374. The predicted octanol–water partition coefficient (Wildman–Crippen LogP) is 13.2. The minimum atomic E-state index is -4.84. The summed E-state index contributed by atoms with van der Waals surface area (Å²) in [5.74, 6) is -0.702. The molecular weight excluding hydrogens is 1630 g/mol. The summed E-state index contributed by atoms with van der Waals surface area (Å²) in [7, 11) is 15.1. The van der Waals surface area contributed by atoms with Gasteiger partial charge in [-0.25, -0.2) is 24.4 Å². The average Bonchev–Trinajstić information content (AvgIpc) is 1.64. The Labute approximate surface area is 702 Å². The number of hydrogen-bond donors (Lipinski definition) is 6. The average molecular weight is 1710 g/mol. The smallest absolute Gasteiger partial charge is 0.423 e. The number of piperidine rings is 3. The lowest BCUT2D eigenvalue weighted by Crippen LogP contribution is -2.51. The number of hydrogen-bond acceptors (Lipinski definition) is 25. The highest BCUT2D eigenvalue weighted by Crippen LogP contribution is 2.43. The van der Waals surface area contributed by atoms with E-state index >= 15 is 0 Å². The van der Waals surface area contributed by atoms with Crippen molar-refractivity contribution in [2.75, 3.05) is 119 Å². The highest BCUT2D eigenvalue weighted by atomic mass is 35.5. The molecule has 630 valence electrons. The van der Waals surface area contributed by atoms with Crippen molar-refractivity contribution in [3.05, 3.63) is 192 Å². The Balaban J connectivity index is 0.000000156. The number of nitrogens with zero attached hydrogens (tertiary/aromatic N) is 12. The number of halogens is 7. The lowest BCUT2D eigenvalue weighted by Gasteiger charge is -2.32. The second-order valence-corrected chi connectivity index (χ2v) is 30.3. The first-order valence-electron chi connectivity index (χ1n) is 38.0. The van der Waals surface area contributed by atoms with Gasteiger partial charge in [0.25, 0.3) is 35.4 Å². The number of carbonyl (C=O) groups excluding carboxylic acids is 6. The Morgan fingerprint density at radius 2 is 0.875 bits per heavy atom. The van der Waals surface area contributed by atoms with Crippen LogP contribution in [0.4, 0.5) is 52.5 Å². The number of fused-ring (bicyclic) bond motifs is 3. The van der Waals surface area contributed by atoms with Gasteiger partial charge in [0.1, 0.15) is 56.3 Å². The lowest BCUT2D eigenvalue weighted by molar-refractivity contribution is -0.139. The molecule has 6 N–H and O–H groups in total. The van der Waals surface area contributed by atoms with Crippen LogP contribution >= 0.6 is 34.8 Å². The van der Waals surface area contributed by atoms with Crippen LogP contribution in [0.1, 0.15) is 117 Å². The summed E-state index contributed by atoms with van der Waals surface area (Å²) in [6.45, 7) is 5.76. The zero-order valence-corrected chi connectivity index (χ0v) is 68.8. The van der Waals surface area contributed by atoms with Crippen molar-refractivity contribution in [1.82, 2.24) is 75.4 Å². The molecule has 9 aromatic rings. The van der Waals surface area contributed by atoms with Gasteiger partial charge in [-0.1, -0.05) is 71.2 Å². The van der Waals surface area contributed by atoms with Crippen molar-refractivity contribution in [2.45, 2.75) is 82.2 Å². The Morgan fingerprint density at radius 3 is 1.34 bits per heavy atom. The van der Waals surface area contributed by atoms with E-state index in [1.165, 1.54) is 75.1 Å². The second-order valence-electron chi connectivity index (χ2n) is 29.1. The van der Waals surface area contributed by atoms with Crippen LogP contribution in [0.25, 0.3) is 0 Å². The van der Waals surface area contributed by atoms with E-state index in [9.17, 15) is 46.3 Å². The summed E-state index contributed by atoms with van der Waals surface area (Å²) in [5.41, 5.74) is 4.30. The van der Waals surface area contributed by atoms with Crippen molar-refractivity contribution in [3.63, 3.8) is 0 Å². The number of aromatic nitrogens is 6. The highest BCUT2D eigenvalue weighted by Gasteiger charge is 2.39. The molecule has 0 radical (unpaired) electrons. The van der Waals surface area contributed by atoms with Crippen LogP contribution in [-0.4, -0.2) is 222 Å². The van der Waals surface area contributed by atoms with Gasteiger partial charge in [-0.3, -0.25) is 33.6 Å². The number of amides is 6. The maximum absolute atomic E-state index is 14.4. The van der Waals surface area contributed by atoms with E-state index < -0.39 is 35.7 Å². The number of benzene rings is 6. The van der Waals surface area contributed by atoms with E-state index in [1.807, 2.05) is 30.1 Å². The molecule has 0 bridgehead atoms. The van der Waals surface area contributed by atoms with E-state index in [2.05, 4.69) is 85.7 Å². The topological polar surface area (TPSA) is 336 Å². The van der Waals surface area contributed by atoms with Gasteiger partial charge in [-0.15, -0.1) is 0 Å². The van der Waals surface area contributed by atoms with Crippen LogP contribution < -0.4 is 60.3 Å². The quantitative estimate of drug-likeness (QED) is 0.0343. The summed E-state index contributed by atoms with van der Waals surface area (Å²) >= 11 is 19.2. The molecule has 0 aliphatic carbocycles. The molecule has 0 unspecified atom stereocenters. The molecule has 31 nitrogen and oxygen atoms in total. The molecule has 120 heavy (non-hydrogen) atoms. The number of ether oxygens (including phenoxy) is 6. The third-order valence-electron chi connectivity index (χ3n) is 20.7. The molecule has 6 amide bonds. The first-order valence-corrected chi connectivity index (χ1v) is 39.1. The van der Waals surface area contributed by atoms with Crippen molar-refractivity contribution in [3.8, 4) is 52.1 Å². The van der Waals surface area contributed by atoms with Gasteiger partial charge in [-0.05, 0) is 163 Å². The Hall–Kier alpha value is -12.0. The lowest BCUT2D eigenvalue weighted by atomic mass is 10.0. The fourth-order valence-corrected chi connectivity index (χ4v) is 14.7. The van der Waals surface area contributed by atoms with E-state index in [0.717, 1.165) is 63.0 Å². The fourth-order valence-electron chi connectivity index (χ4n) is 14.2. The van der Waals surface area contributed by atoms with Gasteiger partial charge in [-0.2, -0.15) is 28.1 Å². The monoisotopic (exact) mass is 1710 g/mol. The summed E-state index contributed by atoms with van der Waals surface area (Å²) in [4.78, 5) is 116. The molecule has 2 atom stereocenters.